The molecule has 5 heteroatoms. The second-order valence-electron chi connectivity index (χ2n) is 5.32. The van der Waals surface area contributed by atoms with E-state index in [0.29, 0.717) is 15.7 Å². The summed E-state index contributed by atoms with van der Waals surface area (Å²) < 4.78 is 0. The number of benzene rings is 1. The maximum atomic E-state index is 6.00. The van der Waals surface area contributed by atoms with Gasteiger partial charge in [-0.25, -0.2) is 0 Å². The van der Waals surface area contributed by atoms with Crippen LogP contribution in [-0.2, 0) is 0 Å². The van der Waals surface area contributed by atoms with E-state index in [2.05, 4.69) is 17.3 Å². The van der Waals surface area contributed by atoms with Gasteiger partial charge in [-0.3, -0.25) is 0 Å². The quantitative estimate of drug-likeness (QED) is 0.833. The van der Waals surface area contributed by atoms with Crippen molar-refractivity contribution in [3.05, 3.63) is 22.2 Å². The summed E-state index contributed by atoms with van der Waals surface area (Å²) in [4.78, 5) is 2.39. The molecule has 0 spiro atoms. The summed E-state index contributed by atoms with van der Waals surface area (Å²) in [7, 11) is 2.19. The molecule has 19 heavy (non-hydrogen) atoms. The van der Waals surface area contributed by atoms with Crippen LogP contribution in [0.4, 0.5) is 11.4 Å². The number of hydrogen-bond acceptors (Lipinski definition) is 3. The Kier molecular flexibility index (Phi) is 5.20. The molecular formula is C14H21Cl2N3. The number of piperidine rings is 1. The van der Waals surface area contributed by atoms with E-state index in [9.17, 15) is 0 Å². The minimum atomic E-state index is 0.500. The molecule has 1 aromatic carbocycles. The van der Waals surface area contributed by atoms with Crippen LogP contribution in [0.15, 0.2) is 12.1 Å². The molecule has 1 fully saturated rings. The molecule has 0 bridgehead atoms. The Morgan fingerprint density at radius 2 is 1.89 bits per heavy atom. The third-order valence-electron chi connectivity index (χ3n) is 3.80. The molecule has 106 valence electrons. The minimum absolute atomic E-state index is 0.500. The van der Waals surface area contributed by atoms with Gasteiger partial charge in [0.25, 0.3) is 0 Å². The zero-order chi connectivity index (χ0) is 13.8. The lowest BCUT2D eigenvalue weighted by Crippen LogP contribution is -2.30. The van der Waals surface area contributed by atoms with Gasteiger partial charge in [0.1, 0.15) is 0 Å². The van der Waals surface area contributed by atoms with Gasteiger partial charge in [0.05, 0.1) is 21.4 Å². The maximum Gasteiger partial charge on any atom is 0.0614 e. The van der Waals surface area contributed by atoms with Crippen LogP contribution < -0.4 is 11.1 Å². The monoisotopic (exact) mass is 301 g/mol. The molecular weight excluding hydrogens is 281 g/mol. The number of halogens is 2. The average Bonchev–Trinajstić information content (AvgIpc) is 2.38. The Bertz CT molecular complexity index is 429. The van der Waals surface area contributed by atoms with Crippen molar-refractivity contribution in [2.45, 2.75) is 19.3 Å². The average molecular weight is 302 g/mol. The molecule has 0 radical (unpaired) electrons. The van der Waals surface area contributed by atoms with Crippen molar-refractivity contribution in [1.82, 2.24) is 4.90 Å². The largest absolute Gasteiger partial charge is 0.397 e. The number of nitrogens with zero attached hydrogens (tertiary/aromatic N) is 1. The lowest BCUT2D eigenvalue weighted by atomic mass is 9.94. The van der Waals surface area contributed by atoms with Gasteiger partial charge in [0.15, 0.2) is 0 Å². The third-order valence-corrected chi connectivity index (χ3v) is 4.52. The summed E-state index contributed by atoms with van der Waals surface area (Å²) in [5.74, 6) is 0.813. The fourth-order valence-corrected chi connectivity index (χ4v) is 2.81. The third kappa shape index (κ3) is 4.16. The summed E-state index contributed by atoms with van der Waals surface area (Å²) in [6.07, 6.45) is 3.75. The first-order valence-corrected chi connectivity index (χ1v) is 7.49. The van der Waals surface area contributed by atoms with Crippen molar-refractivity contribution in [3.63, 3.8) is 0 Å². The van der Waals surface area contributed by atoms with Crippen LogP contribution in [0, 0.1) is 5.92 Å². The molecule has 0 unspecified atom stereocenters. The summed E-state index contributed by atoms with van der Waals surface area (Å²) in [6, 6.07) is 3.50. The van der Waals surface area contributed by atoms with Gasteiger partial charge < -0.3 is 16.0 Å². The molecule has 1 aromatic rings. The fraction of sp³-hybridized carbons (Fsp3) is 0.571. The van der Waals surface area contributed by atoms with Crippen molar-refractivity contribution in [1.29, 1.82) is 0 Å². The normalized spacial score (nSPS) is 17.6. The number of nitrogen functional groups attached to an aromatic ring is 1. The predicted molar refractivity (Wildman–Crippen MR) is 84.2 cm³/mol. The van der Waals surface area contributed by atoms with Crippen molar-refractivity contribution in [2.75, 3.05) is 37.7 Å². The van der Waals surface area contributed by atoms with Gasteiger partial charge in [0, 0.05) is 6.54 Å². The fourth-order valence-electron chi connectivity index (χ4n) is 2.48. The first-order chi connectivity index (χ1) is 9.06. The zero-order valence-corrected chi connectivity index (χ0v) is 12.8. The van der Waals surface area contributed by atoms with Gasteiger partial charge in [-0.2, -0.15) is 0 Å². The summed E-state index contributed by atoms with van der Waals surface area (Å²) in [5.41, 5.74) is 7.44. The highest BCUT2D eigenvalue weighted by Gasteiger charge is 2.16. The van der Waals surface area contributed by atoms with E-state index in [1.54, 1.807) is 12.1 Å². The van der Waals surface area contributed by atoms with E-state index in [1.165, 1.54) is 32.4 Å². The number of hydrogen-bond donors (Lipinski definition) is 2. The van der Waals surface area contributed by atoms with Crippen molar-refractivity contribution < 1.29 is 0 Å². The second kappa shape index (κ2) is 6.69. The van der Waals surface area contributed by atoms with Crippen molar-refractivity contribution in [3.8, 4) is 0 Å². The number of anilines is 2. The molecule has 0 aliphatic carbocycles. The first kappa shape index (κ1) is 14.8. The van der Waals surface area contributed by atoms with Crippen LogP contribution in [0.3, 0.4) is 0 Å². The highest BCUT2D eigenvalue weighted by Crippen LogP contribution is 2.31. The number of nitrogens with one attached hydrogen (secondary N) is 1. The van der Waals surface area contributed by atoms with Crippen LogP contribution in [0.2, 0.25) is 10.0 Å². The summed E-state index contributed by atoms with van der Waals surface area (Å²) >= 11 is 11.9. The summed E-state index contributed by atoms with van der Waals surface area (Å²) in [6.45, 7) is 3.34. The van der Waals surface area contributed by atoms with E-state index < -0.39 is 0 Å². The minimum Gasteiger partial charge on any atom is -0.397 e. The molecule has 1 heterocycles. The highest BCUT2D eigenvalue weighted by molar-refractivity contribution is 6.42. The van der Waals surface area contributed by atoms with Gasteiger partial charge in [-0.05, 0) is 57.5 Å². The Morgan fingerprint density at radius 3 is 2.58 bits per heavy atom. The maximum absolute atomic E-state index is 6.00. The van der Waals surface area contributed by atoms with Crippen molar-refractivity contribution >= 4 is 34.6 Å². The highest BCUT2D eigenvalue weighted by atomic mass is 35.5. The molecule has 1 aliphatic rings. The predicted octanol–water partition coefficient (Wildman–Crippen LogP) is 3.72. The van der Waals surface area contributed by atoms with E-state index in [1.807, 2.05) is 0 Å². The lowest BCUT2D eigenvalue weighted by Gasteiger charge is -2.29. The number of nitrogens with two attached hydrogens (primary N) is 1. The first-order valence-electron chi connectivity index (χ1n) is 6.73. The van der Waals surface area contributed by atoms with Gasteiger partial charge in [-0.15, -0.1) is 0 Å². The Morgan fingerprint density at radius 1 is 1.26 bits per heavy atom. The molecule has 3 N–H and O–H groups in total. The molecule has 0 amide bonds. The van der Waals surface area contributed by atoms with Gasteiger partial charge >= 0.3 is 0 Å². The standard InChI is InChI=1S/C14H21Cl2N3/c1-19-6-3-10(4-7-19)2-5-18-14-9-12(16)11(15)8-13(14)17/h8-10,18H,2-7,17H2,1H3. The van der Waals surface area contributed by atoms with Crippen LogP contribution >= 0.6 is 23.2 Å². The van der Waals surface area contributed by atoms with E-state index in [4.69, 9.17) is 28.9 Å². The molecule has 1 aliphatic heterocycles. The number of likely N-dealkylation sites (tertiary alicyclic amines) is 1. The van der Waals surface area contributed by atoms with E-state index in [-0.39, 0.29) is 0 Å². The smallest absolute Gasteiger partial charge is 0.0614 e. The Balaban J connectivity index is 1.81. The zero-order valence-electron chi connectivity index (χ0n) is 11.3. The molecule has 0 atom stereocenters. The van der Waals surface area contributed by atoms with E-state index in [0.717, 1.165) is 18.2 Å². The molecule has 3 nitrogen and oxygen atoms in total. The lowest BCUT2D eigenvalue weighted by molar-refractivity contribution is 0.215. The van der Waals surface area contributed by atoms with E-state index >= 15 is 0 Å². The molecule has 1 saturated heterocycles. The van der Waals surface area contributed by atoms with Crippen molar-refractivity contribution in [2.24, 2.45) is 5.92 Å². The summed E-state index contributed by atoms with van der Waals surface area (Å²) in [5, 5.41) is 4.40. The Labute approximate surface area is 125 Å². The van der Waals surface area contributed by atoms with Crippen LogP contribution in [0.5, 0.6) is 0 Å². The van der Waals surface area contributed by atoms with Crippen LogP contribution in [0.1, 0.15) is 19.3 Å². The topological polar surface area (TPSA) is 41.3 Å². The SMILES string of the molecule is CN1CCC(CCNc2cc(Cl)c(Cl)cc2N)CC1. The van der Waals surface area contributed by atoms with Gasteiger partial charge in [0.2, 0.25) is 0 Å². The second-order valence-corrected chi connectivity index (χ2v) is 6.13. The number of rotatable bonds is 4. The Hall–Kier alpha value is -0.640. The molecule has 0 saturated carbocycles. The molecule has 2 rings (SSSR count). The molecule has 0 aromatic heterocycles. The van der Waals surface area contributed by atoms with Gasteiger partial charge in [-0.1, -0.05) is 23.2 Å². The van der Waals surface area contributed by atoms with Crippen LogP contribution in [-0.4, -0.2) is 31.6 Å². The van der Waals surface area contributed by atoms with Crippen LogP contribution in [0.25, 0.3) is 0 Å².